The third-order valence-electron chi connectivity index (χ3n) is 2.95. The minimum absolute atomic E-state index is 0.308. The van der Waals surface area contributed by atoms with Gasteiger partial charge in [0.2, 0.25) is 0 Å². The van der Waals surface area contributed by atoms with Crippen molar-refractivity contribution in [1.29, 1.82) is 0 Å². The molecular weight excluding hydrogens is 190 g/mol. The van der Waals surface area contributed by atoms with E-state index in [1.165, 1.54) is 0 Å². The molecule has 0 aliphatic carbocycles. The molecule has 4 nitrogen and oxygen atoms in total. The number of hydrogen-bond donors (Lipinski definition) is 1. The van der Waals surface area contributed by atoms with Gasteiger partial charge in [0, 0.05) is 31.8 Å². The topological polar surface area (TPSA) is 47.0 Å². The van der Waals surface area contributed by atoms with Crippen LogP contribution in [0, 0.1) is 5.92 Å². The van der Waals surface area contributed by atoms with Gasteiger partial charge >= 0.3 is 0 Å². The van der Waals surface area contributed by atoms with Crippen molar-refractivity contribution in [3.05, 3.63) is 24.3 Å². The summed E-state index contributed by atoms with van der Waals surface area (Å²) in [5, 5.41) is 3.33. The fourth-order valence-corrected chi connectivity index (χ4v) is 2.15. The molecule has 2 rings (SSSR count). The van der Waals surface area contributed by atoms with Crippen molar-refractivity contribution < 1.29 is 4.74 Å². The quantitative estimate of drug-likeness (QED) is 0.808. The van der Waals surface area contributed by atoms with Crippen molar-refractivity contribution in [3.63, 3.8) is 0 Å². The predicted molar refractivity (Wildman–Crippen MR) is 57.4 cm³/mol. The second-order valence-corrected chi connectivity index (χ2v) is 3.85. The molecule has 2 heterocycles. The Balaban J connectivity index is 2.09. The van der Waals surface area contributed by atoms with Gasteiger partial charge in [0.15, 0.2) is 0 Å². The lowest BCUT2D eigenvalue weighted by Crippen LogP contribution is -2.30. The Morgan fingerprint density at radius 2 is 2.20 bits per heavy atom. The molecule has 1 N–H and O–H groups in total. The number of nitrogens with one attached hydrogen (secondary N) is 1. The van der Waals surface area contributed by atoms with Crippen molar-refractivity contribution >= 4 is 0 Å². The van der Waals surface area contributed by atoms with E-state index in [-0.39, 0.29) is 0 Å². The Labute approximate surface area is 90.1 Å². The van der Waals surface area contributed by atoms with Gasteiger partial charge in [0.05, 0.1) is 11.7 Å². The minimum atomic E-state index is 0.308. The van der Waals surface area contributed by atoms with E-state index in [9.17, 15) is 0 Å². The van der Waals surface area contributed by atoms with Crippen molar-refractivity contribution in [2.75, 3.05) is 20.3 Å². The molecule has 1 aliphatic heterocycles. The maximum atomic E-state index is 5.37. The van der Waals surface area contributed by atoms with Crippen LogP contribution < -0.4 is 5.32 Å². The first-order valence-corrected chi connectivity index (χ1v) is 5.42. The summed E-state index contributed by atoms with van der Waals surface area (Å²) >= 11 is 0. The Bertz CT molecular complexity index is 285. The second-order valence-electron chi connectivity index (χ2n) is 3.85. The van der Waals surface area contributed by atoms with Crippen LogP contribution in [0.4, 0.5) is 0 Å². The van der Waals surface area contributed by atoms with Gasteiger partial charge < -0.3 is 10.1 Å². The van der Waals surface area contributed by atoms with Crippen LogP contribution >= 0.6 is 0 Å². The number of hydrogen-bond acceptors (Lipinski definition) is 4. The maximum absolute atomic E-state index is 5.37. The lowest BCUT2D eigenvalue weighted by Gasteiger charge is -2.29. The van der Waals surface area contributed by atoms with Crippen molar-refractivity contribution in [2.24, 2.45) is 5.92 Å². The van der Waals surface area contributed by atoms with E-state index in [2.05, 4.69) is 15.3 Å². The molecule has 1 aromatic rings. The minimum Gasteiger partial charge on any atom is -0.381 e. The van der Waals surface area contributed by atoms with Crippen molar-refractivity contribution in [3.8, 4) is 0 Å². The number of nitrogens with zero attached hydrogens (tertiary/aromatic N) is 2. The summed E-state index contributed by atoms with van der Waals surface area (Å²) in [6, 6.07) is 0.308. The van der Waals surface area contributed by atoms with Gasteiger partial charge in [0.25, 0.3) is 0 Å². The van der Waals surface area contributed by atoms with Crippen LogP contribution in [-0.4, -0.2) is 30.2 Å². The van der Waals surface area contributed by atoms with Crippen LogP contribution in [-0.2, 0) is 4.74 Å². The summed E-state index contributed by atoms with van der Waals surface area (Å²) in [5.74, 6) is 0.612. The molecule has 1 aliphatic rings. The normalized spacial score (nSPS) is 20.1. The van der Waals surface area contributed by atoms with E-state index in [0.29, 0.717) is 12.0 Å². The lowest BCUT2D eigenvalue weighted by molar-refractivity contribution is 0.0540. The molecular formula is C11H17N3O. The molecule has 82 valence electrons. The Hall–Kier alpha value is -1.00. The maximum Gasteiger partial charge on any atom is 0.0758 e. The SMILES string of the molecule is CNC(c1cnccn1)C1CCOCC1. The van der Waals surface area contributed by atoms with Gasteiger partial charge in [-0.15, -0.1) is 0 Å². The van der Waals surface area contributed by atoms with Crippen molar-refractivity contribution in [1.82, 2.24) is 15.3 Å². The fraction of sp³-hybridized carbons (Fsp3) is 0.636. The Morgan fingerprint density at radius 1 is 1.40 bits per heavy atom. The Kier molecular flexibility index (Phi) is 3.64. The summed E-state index contributed by atoms with van der Waals surface area (Å²) < 4.78 is 5.37. The second kappa shape index (κ2) is 5.19. The molecule has 1 saturated heterocycles. The molecule has 1 aromatic heterocycles. The van der Waals surface area contributed by atoms with Crippen LogP contribution in [0.1, 0.15) is 24.6 Å². The molecule has 1 atom stereocenters. The summed E-state index contributed by atoms with van der Waals surface area (Å²) in [5.41, 5.74) is 1.03. The summed E-state index contributed by atoms with van der Waals surface area (Å²) in [6.45, 7) is 1.73. The molecule has 0 radical (unpaired) electrons. The zero-order valence-electron chi connectivity index (χ0n) is 9.02. The molecule has 0 bridgehead atoms. The van der Waals surface area contributed by atoms with Gasteiger partial charge in [-0.2, -0.15) is 0 Å². The van der Waals surface area contributed by atoms with Gasteiger partial charge in [-0.05, 0) is 25.8 Å². The third-order valence-corrected chi connectivity index (χ3v) is 2.95. The first-order chi connectivity index (χ1) is 7.42. The van der Waals surface area contributed by atoms with E-state index in [1.54, 1.807) is 12.4 Å². The molecule has 15 heavy (non-hydrogen) atoms. The zero-order valence-corrected chi connectivity index (χ0v) is 9.02. The van der Waals surface area contributed by atoms with Gasteiger partial charge in [-0.1, -0.05) is 0 Å². The first-order valence-electron chi connectivity index (χ1n) is 5.42. The standard InChI is InChI=1S/C11H17N3O/c1-12-11(9-2-6-15-7-3-9)10-8-13-4-5-14-10/h4-5,8-9,11-12H,2-3,6-7H2,1H3. The molecule has 0 aromatic carbocycles. The highest BCUT2D eigenvalue weighted by atomic mass is 16.5. The number of rotatable bonds is 3. The van der Waals surface area contributed by atoms with Gasteiger partial charge in [0.1, 0.15) is 0 Å². The fourth-order valence-electron chi connectivity index (χ4n) is 2.15. The highest BCUT2D eigenvalue weighted by Crippen LogP contribution is 2.27. The van der Waals surface area contributed by atoms with E-state index < -0.39 is 0 Å². The van der Waals surface area contributed by atoms with Gasteiger partial charge in [-0.3, -0.25) is 9.97 Å². The molecule has 0 amide bonds. The highest BCUT2D eigenvalue weighted by Gasteiger charge is 2.24. The van der Waals surface area contributed by atoms with Crippen LogP contribution in [0.5, 0.6) is 0 Å². The average Bonchev–Trinajstić information content (AvgIpc) is 2.33. The number of ether oxygens (including phenoxy) is 1. The molecule has 1 fully saturated rings. The monoisotopic (exact) mass is 207 g/mol. The molecule has 0 spiro atoms. The summed E-state index contributed by atoms with van der Waals surface area (Å²) in [6.07, 6.45) is 7.50. The number of aromatic nitrogens is 2. The molecule has 0 saturated carbocycles. The van der Waals surface area contributed by atoms with E-state index >= 15 is 0 Å². The average molecular weight is 207 g/mol. The van der Waals surface area contributed by atoms with Crippen LogP contribution in [0.15, 0.2) is 18.6 Å². The zero-order chi connectivity index (χ0) is 10.5. The summed E-state index contributed by atoms with van der Waals surface area (Å²) in [4.78, 5) is 8.47. The van der Waals surface area contributed by atoms with E-state index in [0.717, 1.165) is 31.7 Å². The smallest absolute Gasteiger partial charge is 0.0758 e. The summed E-state index contributed by atoms with van der Waals surface area (Å²) in [7, 11) is 1.98. The van der Waals surface area contributed by atoms with E-state index in [1.807, 2.05) is 13.2 Å². The lowest BCUT2D eigenvalue weighted by atomic mass is 9.90. The van der Waals surface area contributed by atoms with Crippen LogP contribution in [0.25, 0.3) is 0 Å². The Morgan fingerprint density at radius 3 is 2.80 bits per heavy atom. The highest BCUT2D eigenvalue weighted by molar-refractivity contribution is 5.04. The third kappa shape index (κ3) is 2.52. The molecule has 4 heteroatoms. The van der Waals surface area contributed by atoms with Gasteiger partial charge in [-0.25, -0.2) is 0 Å². The van der Waals surface area contributed by atoms with Crippen molar-refractivity contribution in [2.45, 2.75) is 18.9 Å². The largest absolute Gasteiger partial charge is 0.381 e. The van der Waals surface area contributed by atoms with Crippen LogP contribution in [0.2, 0.25) is 0 Å². The molecule has 1 unspecified atom stereocenters. The predicted octanol–water partition coefficient (Wildman–Crippen LogP) is 1.16. The first kappa shape index (κ1) is 10.5. The van der Waals surface area contributed by atoms with Crippen LogP contribution in [0.3, 0.4) is 0 Å². The van der Waals surface area contributed by atoms with E-state index in [4.69, 9.17) is 4.74 Å².